The Labute approximate surface area is 206 Å². The first-order valence-corrected chi connectivity index (χ1v) is 13.5. The number of aromatic nitrogens is 2. The highest BCUT2D eigenvalue weighted by Gasteiger charge is 2.08. The molecule has 1 aromatic carbocycles. The van der Waals surface area contributed by atoms with Crippen molar-refractivity contribution >= 4 is 0 Å². The molecule has 0 spiro atoms. The van der Waals surface area contributed by atoms with E-state index in [2.05, 4.69) is 23.8 Å². The van der Waals surface area contributed by atoms with Crippen LogP contribution in [0.1, 0.15) is 104 Å². The molecule has 0 saturated heterocycles. The van der Waals surface area contributed by atoms with Crippen molar-refractivity contribution in [2.75, 3.05) is 13.2 Å². The third-order valence-electron chi connectivity index (χ3n) is 6.08. The van der Waals surface area contributed by atoms with Crippen LogP contribution in [0, 0.1) is 0 Å². The van der Waals surface area contributed by atoms with Gasteiger partial charge >= 0.3 is 0 Å². The number of hydrogen-bond donors (Lipinski definition) is 0. The summed E-state index contributed by atoms with van der Waals surface area (Å²) in [6, 6.07) is 7.86. The molecular weight excluding hydrogens is 427 g/mol. The van der Waals surface area contributed by atoms with Gasteiger partial charge in [-0.25, -0.2) is 14.4 Å². The summed E-state index contributed by atoms with van der Waals surface area (Å²) in [6.07, 6.45) is 18.2. The van der Waals surface area contributed by atoms with E-state index in [9.17, 15) is 4.39 Å². The van der Waals surface area contributed by atoms with Gasteiger partial charge in [0.25, 0.3) is 0 Å². The summed E-state index contributed by atoms with van der Waals surface area (Å²) in [6.45, 7) is 5.56. The molecule has 1 aromatic heterocycles. The van der Waals surface area contributed by atoms with Crippen molar-refractivity contribution in [3.05, 3.63) is 36.7 Å². The molecule has 34 heavy (non-hydrogen) atoms. The Hall–Kier alpha value is -2.17. The molecular formula is C29H45FN2O2. The molecule has 1 atom stereocenters. The van der Waals surface area contributed by atoms with Crippen molar-refractivity contribution in [3.8, 4) is 22.9 Å². The minimum absolute atomic E-state index is 0.352. The molecule has 0 radical (unpaired) electrons. The lowest BCUT2D eigenvalue weighted by molar-refractivity contribution is 0.221. The molecule has 190 valence electrons. The molecule has 0 fully saturated rings. The summed E-state index contributed by atoms with van der Waals surface area (Å²) in [4.78, 5) is 8.80. The Bertz CT molecular complexity index is 737. The van der Waals surface area contributed by atoms with Crippen LogP contribution >= 0.6 is 0 Å². The maximum absolute atomic E-state index is 14.1. The molecule has 4 nitrogen and oxygen atoms in total. The molecule has 0 aliphatic rings. The van der Waals surface area contributed by atoms with Gasteiger partial charge in [0, 0.05) is 12.0 Å². The number of benzene rings is 1. The molecule has 0 bridgehead atoms. The van der Waals surface area contributed by atoms with E-state index in [-0.39, 0.29) is 0 Å². The lowest BCUT2D eigenvalue weighted by atomic mass is 10.1. The summed E-state index contributed by atoms with van der Waals surface area (Å²) in [5.41, 5.74) is 0.931. The predicted molar refractivity (Wildman–Crippen MR) is 139 cm³/mol. The molecule has 0 aliphatic heterocycles. The highest BCUT2D eigenvalue weighted by atomic mass is 19.1. The molecule has 2 rings (SSSR count). The Morgan fingerprint density at radius 3 is 1.85 bits per heavy atom. The Morgan fingerprint density at radius 1 is 0.647 bits per heavy atom. The van der Waals surface area contributed by atoms with Gasteiger partial charge in [-0.3, -0.25) is 0 Å². The molecule has 5 heteroatoms. The first kappa shape index (κ1) is 28.1. The van der Waals surface area contributed by atoms with E-state index in [0.29, 0.717) is 31.0 Å². The van der Waals surface area contributed by atoms with Crippen molar-refractivity contribution < 1.29 is 13.9 Å². The van der Waals surface area contributed by atoms with Crippen LogP contribution in [-0.2, 0) is 0 Å². The number of unbranched alkanes of at least 4 members (excludes halogenated alkanes) is 10. The number of rotatable bonds is 20. The molecule has 0 amide bonds. The third kappa shape index (κ3) is 12.3. The van der Waals surface area contributed by atoms with Crippen molar-refractivity contribution in [3.63, 3.8) is 0 Å². The highest BCUT2D eigenvalue weighted by molar-refractivity contribution is 5.56. The number of ether oxygens (including phenoxy) is 2. The summed E-state index contributed by atoms with van der Waals surface area (Å²) in [5, 5.41) is 0. The molecule has 0 N–H and O–H groups in total. The number of halogens is 1. The Kier molecular flexibility index (Phi) is 15.0. The van der Waals surface area contributed by atoms with Crippen LogP contribution in [0.15, 0.2) is 36.7 Å². The second-order valence-electron chi connectivity index (χ2n) is 9.17. The van der Waals surface area contributed by atoms with Gasteiger partial charge in [0.15, 0.2) is 11.6 Å². The fourth-order valence-corrected chi connectivity index (χ4v) is 3.91. The SMILES string of the molecule is CCCCCCCCC[C@H](F)CCOc1cnc(-c2ccc(OCCCCCCC)cc2)nc1. The van der Waals surface area contributed by atoms with Gasteiger partial charge in [0.2, 0.25) is 0 Å². The fourth-order valence-electron chi connectivity index (χ4n) is 3.91. The molecule has 0 saturated carbocycles. The van der Waals surface area contributed by atoms with Crippen molar-refractivity contribution in [2.45, 2.75) is 110 Å². The normalized spacial score (nSPS) is 12.0. The first-order valence-electron chi connectivity index (χ1n) is 13.5. The van der Waals surface area contributed by atoms with Gasteiger partial charge in [-0.05, 0) is 37.1 Å². The third-order valence-corrected chi connectivity index (χ3v) is 6.08. The van der Waals surface area contributed by atoms with Gasteiger partial charge in [-0.15, -0.1) is 0 Å². The lowest BCUT2D eigenvalue weighted by Crippen LogP contribution is -2.08. The summed E-state index contributed by atoms with van der Waals surface area (Å²) in [5.74, 6) is 2.09. The van der Waals surface area contributed by atoms with Crippen LogP contribution in [-0.4, -0.2) is 29.4 Å². The maximum atomic E-state index is 14.1. The zero-order chi connectivity index (χ0) is 24.3. The first-order chi connectivity index (χ1) is 16.7. The topological polar surface area (TPSA) is 44.2 Å². The van der Waals surface area contributed by atoms with E-state index in [1.165, 1.54) is 57.8 Å². The van der Waals surface area contributed by atoms with Crippen LogP contribution in [0.2, 0.25) is 0 Å². The Morgan fingerprint density at radius 2 is 1.21 bits per heavy atom. The van der Waals surface area contributed by atoms with Crippen LogP contribution in [0.4, 0.5) is 4.39 Å². The average Bonchev–Trinajstić information content (AvgIpc) is 2.86. The van der Waals surface area contributed by atoms with Crippen molar-refractivity contribution in [1.82, 2.24) is 9.97 Å². The molecule has 0 unspecified atom stereocenters. The van der Waals surface area contributed by atoms with E-state index < -0.39 is 6.17 Å². The molecule has 2 aromatic rings. The zero-order valence-electron chi connectivity index (χ0n) is 21.4. The van der Waals surface area contributed by atoms with Gasteiger partial charge in [-0.2, -0.15) is 0 Å². The van der Waals surface area contributed by atoms with Gasteiger partial charge in [0.1, 0.15) is 11.9 Å². The van der Waals surface area contributed by atoms with Gasteiger partial charge in [0.05, 0.1) is 25.6 Å². The van der Waals surface area contributed by atoms with Crippen LogP contribution < -0.4 is 9.47 Å². The predicted octanol–water partition coefficient (Wildman–Crippen LogP) is 8.74. The van der Waals surface area contributed by atoms with Crippen molar-refractivity contribution in [2.24, 2.45) is 0 Å². The monoisotopic (exact) mass is 472 g/mol. The van der Waals surface area contributed by atoms with Crippen LogP contribution in [0.3, 0.4) is 0 Å². The average molecular weight is 473 g/mol. The van der Waals surface area contributed by atoms with Crippen molar-refractivity contribution in [1.29, 1.82) is 0 Å². The summed E-state index contributed by atoms with van der Waals surface area (Å²) < 4.78 is 25.6. The van der Waals surface area contributed by atoms with E-state index in [1.807, 2.05) is 24.3 Å². The van der Waals surface area contributed by atoms with Crippen LogP contribution in [0.5, 0.6) is 11.5 Å². The number of alkyl halides is 1. The minimum atomic E-state index is -0.798. The second-order valence-corrected chi connectivity index (χ2v) is 9.17. The van der Waals surface area contributed by atoms with E-state index in [4.69, 9.17) is 9.47 Å². The second kappa shape index (κ2) is 18.2. The van der Waals surface area contributed by atoms with Gasteiger partial charge in [-0.1, -0.05) is 84.5 Å². The Balaban J connectivity index is 1.61. The zero-order valence-corrected chi connectivity index (χ0v) is 21.4. The summed E-state index contributed by atoms with van der Waals surface area (Å²) in [7, 11) is 0. The standard InChI is InChI=1S/C29H45FN2O2/c1-3-5-7-9-10-11-13-15-26(30)20-22-34-28-23-31-29(32-24-28)25-16-18-27(19-17-25)33-21-14-12-8-6-4-2/h16-19,23-24,26H,3-15,20-22H2,1-2H3/t26-/m0/s1. The quantitative estimate of drug-likeness (QED) is 0.181. The van der Waals surface area contributed by atoms with E-state index in [1.54, 1.807) is 12.4 Å². The van der Waals surface area contributed by atoms with E-state index >= 15 is 0 Å². The largest absolute Gasteiger partial charge is 0.494 e. The molecule has 0 aliphatic carbocycles. The smallest absolute Gasteiger partial charge is 0.159 e. The number of hydrogen-bond acceptors (Lipinski definition) is 4. The fraction of sp³-hybridized carbons (Fsp3) is 0.655. The van der Waals surface area contributed by atoms with Gasteiger partial charge < -0.3 is 9.47 Å². The lowest BCUT2D eigenvalue weighted by Gasteiger charge is -2.10. The summed E-state index contributed by atoms with van der Waals surface area (Å²) >= 11 is 0. The number of nitrogens with zero attached hydrogens (tertiary/aromatic N) is 2. The molecule has 1 heterocycles. The van der Waals surface area contributed by atoms with Crippen LogP contribution in [0.25, 0.3) is 11.4 Å². The maximum Gasteiger partial charge on any atom is 0.159 e. The minimum Gasteiger partial charge on any atom is -0.494 e. The highest BCUT2D eigenvalue weighted by Crippen LogP contribution is 2.21. The van der Waals surface area contributed by atoms with E-state index in [0.717, 1.165) is 37.2 Å².